The molecule has 0 saturated carbocycles. The molecule has 0 spiro atoms. The van der Waals surface area contributed by atoms with E-state index in [0.29, 0.717) is 6.54 Å². The van der Waals surface area contributed by atoms with Crippen LogP contribution in [0.25, 0.3) is 0 Å². The average molecular weight is 355 g/mol. The standard InChI is InChI=1S/C21H29N3O2/c1-5-22-21(23-13-12-17-8-10-19(25-3)11-9-17)24-15-18-7-6-16(2)20(14-18)26-4/h6-11,14H,5,12-13,15H2,1-4H3,(H2,22,23,24). The summed E-state index contributed by atoms with van der Waals surface area (Å²) in [6, 6.07) is 14.3. The van der Waals surface area contributed by atoms with Crippen molar-refractivity contribution < 1.29 is 9.47 Å². The van der Waals surface area contributed by atoms with Crippen LogP contribution in [0.2, 0.25) is 0 Å². The van der Waals surface area contributed by atoms with Gasteiger partial charge in [-0.25, -0.2) is 4.99 Å². The first-order chi connectivity index (χ1) is 12.7. The van der Waals surface area contributed by atoms with Crippen LogP contribution in [0.15, 0.2) is 47.5 Å². The lowest BCUT2D eigenvalue weighted by atomic mass is 10.1. The lowest BCUT2D eigenvalue weighted by Gasteiger charge is -2.12. The smallest absolute Gasteiger partial charge is 0.191 e. The Balaban J connectivity index is 1.91. The summed E-state index contributed by atoms with van der Waals surface area (Å²) in [4.78, 5) is 4.67. The van der Waals surface area contributed by atoms with Crippen molar-refractivity contribution in [1.82, 2.24) is 10.6 Å². The first-order valence-electron chi connectivity index (χ1n) is 8.95. The summed E-state index contributed by atoms with van der Waals surface area (Å²) in [5.74, 6) is 2.60. The van der Waals surface area contributed by atoms with Gasteiger partial charge in [-0.3, -0.25) is 0 Å². The maximum atomic E-state index is 5.38. The lowest BCUT2D eigenvalue weighted by molar-refractivity contribution is 0.411. The maximum Gasteiger partial charge on any atom is 0.191 e. The Morgan fingerprint density at radius 2 is 1.69 bits per heavy atom. The van der Waals surface area contributed by atoms with E-state index < -0.39 is 0 Å². The van der Waals surface area contributed by atoms with Gasteiger partial charge in [-0.15, -0.1) is 0 Å². The molecule has 2 aromatic carbocycles. The molecule has 2 rings (SSSR count). The molecule has 2 aromatic rings. The van der Waals surface area contributed by atoms with Gasteiger partial charge in [-0.2, -0.15) is 0 Å². The molecular formula is C21H29N3O2. The van der Waals surface area contributed by atoms with Crippen molar-refractivity contribution in [2.75, 3.05) is 27.3 Å². The number of aryl methyl sites for hydroxylation is 1. The summed E-state index contributed by atoms with van der Waals surface area (Å²) in [6.07, 6.45) is 0.923. The van der Waals surface area contributed by atoms with Gasteiger partial charge in [-0.1, -0.05) is 24.3 Å². The molecule has 0 aliphatic carbocycles. The molecule has 140 valence electrons. The number of rotatable bonds is 8. The molecule has 0 heterocycles. The van der Waals surface area contributed by atoms with Gasteiger partial charge in [0.2, 0.25) is 0 Å². The highest BCUT2D eigenvalue weighted by Crippen LogP contribution is 2.19. The molecule has 0 saturated heterocycles. The first kappa shape index (κ1) is 19.6. The second kappa shape index (κ2) is 10.3. The molecule has 0 fully saturated rings. The number of nitrogens with zero attached hydrogens (tertiary/aromatic N) is 1. The Kier molecular flexibility index (Phi) is 7.80. The SMILES string of the molecule is CCNC(=NCc1ccc(C)c(OC)c1)NCCc1ccc(OC)cc1. The van der Waals surface area contributed by atoms with E-state index in [0.717, 1.165) is 48.1 Å². The van der Waals surface area contributed by atoms with Gasteiger partial charge >= 0.3 is 0 Å². The molecule has 0 amide bonds. The Morgan fingerprint density at radius 1 is 0.962 bits per heavy atom. The van der Waals surface area contributed by atoms with Crippen LogP contribution in [0.3, 0.4) is 0 Å². The third kappa shape index (κ3) is 5.99. The van der Waals surface area contributed by atoms with Crippen LogP contribution < -0.4 is 20.1 Å². The molecule has 0 aromatic heterocycles. The number of hydrogen-bond acceptors (Lipinski definition) is 3. The first-order valence-corrected chi connectivity index (χ1v) is 8.95. The fourth-order valence-electron chi connectivity index (χ4n) is 2.59. The minimum atomic E-state index is 0.606. The van der Waals surface area contributed by atoms with E-state index in [9.17, 15) is 0 Å². The van der Waals surface area contributed by atoms with Gasteiger partial charge in [0.1, 0.15) is 11.5 Å². The van der Waals surface area contributed by atoms with Gasteiger partial charge in [0, 0.05) is 13.1 Å². The highest BCUT2D eigenvalue weighted by Gasteiger charge is 2.02. The van der Waals surface area contributed by atoms with Crippen molar-refractivity contribution in [3.63, 3.8) is 0 Å². The second-order valence-electron chi connectivity index (χ2n) is 6.02. The van der Waals surface area contributed by atoms with Crippen LogP contribution in [0.5, 0.6) is 11.5 Å². The third-order valence-electron chi connectivity index (χ3n) is 4.10. The number of nitrogens with one attached hydrogen (secondary N) is 2. The fraction of sp³-hybridized carbons (Fsp3) is 0.381. The molecule has 2 N–H and O–H groups in total. The normalized spacial score (nSPS) is 11.2. The number of ether oxygens (including phenoxy) is 2. The van der Waals surface area contributed by atoms with Crippen molar-refractivity contribution in [2.45, 2.75) is 26.8 Å². The Labute approximate surface area is 156 Å². The van der Waals surface area contributed by atoms with Crippen LogP contribution in [0, 0.1) is 6.92 Å². The van der Waals surface area contributed by atoms with Crippen molar-refractivity contribution in [3.05, 3.63) is 59.2 Å². The predicted octanol–water partition coefficient (Wildman–Crippen LogP) is 3.31. The lowest BCUT2D eigenvalue weighted by Crippen LogP contribution is -2.38. The molecular weight excluding hydrogens is 326 g/mol. The molecule has 0 aliphatic rings. The summed E-state index contributed by atoms with van der Waals surface area (Å²) < 4.78 is 10.6. The zero-order chi connectivity index (χ0) is 18.8. The molecule has 0 bridgehead atoms. The van der Waals surface area contributed by atoms with Crippen molar-refractivity contribution in [3.8, 4) is 11.5 Å². The summed E-state index contributed by atoms with van der Waals surface area (Å²) >= 11 is 0. The highest BCUT2D eigenvalue weighted by atomic mass is 16.5. The van der Waals surface area contributed by atoms with Gasteiger partial charge in [0.15, 0.2) is 5.96 Å². The quantitative estimate of drug-likeness (QED) is 0.563. The number of benzene rings is 2. The van der Waals surface area contributed by atoms with E-state index in [1.165, 1.54) is 5.56 Å². The minimum absolute atomic E-state index is 0.606. The average Bonchev–Trinajstić information content (AvgIpc) is 2.67. The topological polar surface area (TPSA) is 54.9 Å². The monoisotopic (exact) mass is 355 g/mol. The molecule has 5 nitrogen and oxygen atoms in total. The molecule has 0 unspecified atom stereocenters. The number of guanidine groups is 1. The number of hydrogen-bond donors (Lipinski definition) is 2. The van der Waals surface area contributed by atoms with Gasteiger partial charge < -0.3 is 20.1 Å². The van der Waals surface area contributed by atoms with Crippen LogP contribution in [-0.4, -0.2) is 33.3 Å². The Hall–Kier alpha value is -2.69. The van der Waals surface area contributed by atoms with Crippen LogP contribution >= 0.6 is 0 Å². The largest absolute Gasteiger partial charge is 0.497 e. The van der Waals surface area contributed by atoms with E-state index >= 15 is 0 Å². The summed E-state index contributed by atoms with van der Waals surface area (Å²) in [7, 11) is 3.37. The molecule has 26 heavy (non-hydrogen) atoms. The maximum absolute atomic E-state index is 5.38. The van der Waals surface area contributed by atoms with Gasteiger partial charge in [0.05, 0.1) is 20.8 Å². The van der Waals surface area contributed by atoms with Crippen molar-refractivity contribution in [1.29, 1.82) is 0 Å². The fourth-order valence-corrected chi connectivity index (χ4v) is 2.59. The number of methoxy groups -OCH3 is 2. The van der Waals surface area contributed by atoms with E-state index in [-0.39, 0.29) is 0 Å². The highest BCUT2D eigenvalue weighted by molar-refractivity contribution is 5.79. The van der Waals surface area contributed by atoms with Crippen LogP contribution in [0.1, 0.15) is 23.6 Å². The van der Waals surface area contributed by atoms with Crippen molar-refractivity contribution >= 4 is 5.96 Å². The number of aliphatic imine (C=N–C) groups is 1. The zero-order valence-electron chi connectivity index (χ0n) is 16.1. The van der Waals surface area contributed by atoms with Crippen molar-refractivity contribution in [2.24, 2.45) is 4.99 Å². The van der Waals surface area contributed by atoms with E-state index in [2.05, 4.69) is 46.8 Å². The van der Waals surface area contributed by atoms with E-state index in [1.807, 2.05) is 25.1 Å². The summed E-state index contributed by atoms with van der Waals surface area (Å²) in [5.41, 5.74) is 3.52. The molecule has 0 aliphatic heterocycles. The Bertz CT molecular complexity index is 712. The predicted molar refractivity (Wildman–Crippen MR) is 107 cm³/mol. The van der Waals surface area contributed by atoms with Gasteiger partial charge in [0.25, 0.3) is 0 Å². The minimum Gasteiger partial charge on any atom is -0.497 e. The van der Waals surface area contributed by atoms with E-state index in [4.69, 9.17) is 9.47 Å². The van der Waals surface area contributed by atoms with Crippen LogP contribution in [-0.2, 0) is 13.0 Å². The molecule has 0 atom stereocenters. The van der Waals surface area contributed by atoms with E-state index in [1.54, 1.807) is 14.2 Å². The van der Waals surface area contributed by atoms with Crippen LogP contribution in [0.4, 0.5) is 0 Å². The third-order valence-corrected chi connectivity index (χ3v) is 4.10. The Morgan fingerprint density at radius 3 is 2.35 bits per heavy atom. The summed E-state index contributed by atoms with van der Waals surface area (Å²) in [6.45, 7) is 6.35. The summed E-state index contributed by atoms with van der Waals surface area (Å²) in [5, 5.41) is 6.67. The zero-order valence-corrected chi connectivity index (χ0v) is 16.1. The molecule has 5 heteroatoms. The molecule has 0 radical (unpaired) electrons. The van der Waals surface area contributed by atoms with Gasteiger partial charge in [-0.05, 0) is 55.2 Å². The second-order valence-corrected chi connectivity index (χ2v) is 6.02.